The van der Waals surface area contributed by atoms with Gasteiger partial charge in [-0.05, 0) is 19.4 Å². The first kappa shape index (κ1) is 12.8. The summed E-state index contributed by atoms with van der Waals surface area (Å²) >= 11 is 0. The molecule has 0 aromatic carbocycles. The highest BCUT2D eigenvalue weighted by molar-refractivity contribution is 5.06. The molecule has 0 aliphatic rings. The molecule has 2 aromatic heterocycles. The molecule has 0 atom stereocenters. The lowest BCUT2D eigenvalue weighted by Crippen LogP contribution is -2.21. The Kier molecular flexibility index (Phi) is 4.15. The molecule has 5 nitrogen and oxygen atoms in total. The van der Waals surface area contributed by atoms with E-state index in [4.69, 9.17) is 4.52 Å². The molecular formula is C13H20N4O. The number of nitrogens with zero attached hydrogens (tertiary/aromatic N) is 3. The fourth-order valence-electron chi connectivity index (χ4n) is 1.79. The van der Waals surface area contributed by atoms with E-state index in [1.54, 1.807) is 0 Å². The summed E-state index contributed by atoms with van der Waals surface area (Å²) in [5.74, 6) is 2.51. The van der Waals surface area contributed by atoms with E-state index < -0.39 is 0 Å². The maximum atomic E-state index is 5.07. The first-order valence-corrected chi connectivity index (χ1v) is 6.28. The molecule has 98 valence electrons. The first-order valence-electron chi connectivity index (χ1n) is 6.28. The van der Waals surface area contributed by atoms with Gasteiger partial charge in [-0.1, -0.05) is 19.0 Å². The molecule has 1 N–H and O–H groups in total. The smallest absolute Gasteiger partial charge is 0.133 e. The van der Waals surface area contributed by atoms with Crippen LogP contribution in [0.5, 0.6) is 0 Å². The SMILES string of the molecule is Cc1cc(Cn2ccnc2CNCC(C)C)no1. The summed E-state index contributed by atoms with van der Waals surface area (Å²) in [5.41, 5.74) is 0.926. The standard InChI is InChI=1S/C13H20N4O/c1-10(2)7-14-8-13-15-4-5-17(13)9-12-6-11(3)18-16-12/h4-6,10,14H,7-9H2,1-3H3. The van der Waals surface area contributed by atoms with Crippen molar-refractivity contribution >= 4 is 0 Å². The van der Waals surface area contributed by atoms with Crippen molar-refractivity contribution in [1.29, 1.82) is 0 Å². The van der Waals surface area contributed by atoms with Crippen molar-refractivity contribution in [1.82, 2.24) is 20.0 Å². The van der Waals surface area contributed by atoms with Crippen LogP contribution < -0.4 is 5.32 Å². The molecule has 0 saturated carbocycles. The van der Waals surface area contributed by atoms with Crippen LogP contribution in [0.4, 0.5) is 0 Å². The Labute approximate surface area is 107 Å². The Bertz CT molecular complexity index is 487. The molecule has 0 aliphatic heterocycles. The summed E-state index contributed by atoms with van der Waals surface area (Å²) in [6.45, 7) is 8.76. The zero-order chi connectivity index (χ0) is 13.0. The second-order valence-corrected chi connectivity index (χ2v) is 4.93. The Balaban J connectivity index is 1.95. The van der Waals surface area contributed by atoms with Gasteiger partial charge in [0.1, 0.15) is 17.3 Å². The molecule has 2 heterocycles. The molecule has 2 rings (SSSR count). The Morgan fingerprint density at radius 1 is 1.44 bits per heavy atom. The zero-order valence-corrected chi connectivity index (χ0v) is 11.2. The van der Waals surface area contributed by atoms with E-state index in [1.165, 1.54) is 0 Å². The molecule has 2 aromatic rings. The fourth-order valence-corrected chi connectivity index (χ4v) is 1.79. The van der Waals surface area contributed by atoms with E-state index in [2.05, 4.69) is 33.9 Å². The van der Waals surface area contributed by atoms with Gasteiger partial charge in [0.25, 0.3) is 0 Å². The number of hydrogen-bond acceptors (Lipinski definition) is 4. The van der Waals surface area contributed by atoms with Crippen molar-refractivity contribution in [2.24, 2.45) is 5.92 Å². The number of aryl methyl sites for hydroxylation is 1. The van der Waals surface area contributed by atoms with Crippen molar-refractivity contribution in [3.05, 3.63) is 35.7 Å². The highest BCUT2D eigenvalue weighted by Gasteiger charge is 2.06. The third-order valence-corrected chi connectivity index (χ3v) is 2.65. The Hall–Kier alpha value is -1.62. The predicted octanol–water partition coefficient (Wildman–Crippen LogP) is 1.97. The largest absolute Gasteiger partial charge is 0.361 e. The molecule has 0 fully saturated rings. The van der Waals surface area contributed by atoms with Crippen LogP contribution in [0.15, 0.2) is 23.0 Å². The molecule has 0 saturated heterocycles. The van der Waals surface area contributed by atoms with Crippen molar-refractivity contribution in [2.75, 3.05) is 6.54 Å². The summed E-state index contributed by atoms with van der Waals surface area (Å²) < 4.78 is 7.15. The molecule has 0 amide bonds. The van der Waals surface area contributed by atoms with Gasteiger partial charge in [-0.15, -0.1) is 0 Å². The van der Waals surface area contributed by atoms with Gasteiger partial charge >= 0.3 is 0 Å². The molecule has 0 spiro atoms. The van der Waals surface area contributed by atoms with E-state index >= 15 is 0 Å². The summed E-state index contributed by atoms with van der Waals surface area (Å²) in [4.78, 5) is 4.36. The Morgan fingerprint density at radius 3 is 2.94 bits per heavy atom. The van der Waals surface area contributed by atoms with Crippen molar-refractivity contribution in [2.45, 2.75) is 33.9 Å². The number of hydrogen-bond donors (Lipinski definition) is 1. The van der Waals surface area contributed by atoms with Crippen LogP contribution in [0.25, 0.3) is 0 Å². The lowest BCUT2D eigenvalue weighted by molar-refractivity contribution is 0.388. The van der Waals surface area contributed by atoms with Crippen LogP contribution in [0.3, 0.4) is 0 Å². The topological polar surface area (TPSA) is 55.9 Å². The average Bonchev–Trinajstić information content (AvgIpc) is 2.89. The van der Waals surface area contributed by atoms with Gasteiger partial charge in [0.15, 0.2) is 0 Å². The highest BCUT2D eigenvalue weighted by atomic mass is 16.5. The Morgan fingerprint density at radius 2 is 2.28 bits per heavy atom. The molecule has 5 heteroatoms. The molecule has 0 radical (unpaired) electrons. The van der Waals surface area contributed by atoms with Gasteiger partial charge in [0, 0.05) is 18.5 Å². The van der Waals surface area contributed by atoms with Crippen molar-refractivity contribution < 1.29 is 4.52 Å². The monoisotopic (exact) mass is 248 g/mol. The van der Waals surface area contributed by atoms with E-state index in [0.29, 0.717) is 12.5 Å². The maximum absolute atomic E-state index is 5.07. The minimum Gasteiger partial charge on any atom is -0.361 e. The average molecular weight is 248 g/mol. The van der Waals surface area contributed by atoms with Crippen LogP contribution in [0, 0.1) is 12.8 Å². The number of imidazole rings is 1. The van der Waals surface area contributed by atoms with Gasteiger partial charge in [-0.25, -0.2) is 4.98 Å². The normalized spacial score (nSPS) is 11.3. The third kappa shape index (κ3) is 3.43. The highest BCUT2D eigenvalue weighted by Crippen LogP contribution is 2.06. The first-order chi connectivity index (χ1) is 8.65. The van der Waals surface area contributed by atoms with Crippen LogP contribution in [0.2, 0.25) is 0 Å². The third-order valence-electron chi connectivity index (χ3n) is 2.65. The van der Waals surface area contributed by atoms with E-state index in [0.717, 1.165) is 30.4 Å². The maximum Gasteiger partial charge on any atom is 0.133 e. The minimum atomic E-state index is 0.645. The van der Waals surface area contributed by atoms with Gasteiger partial charge < -0.3 is 14.4 Å². The molecule has 18 heavy (non-hydrogen) atoms. The van der Waals surface area contributed by atoms with Gasteiger partial charge in [0.05, 0.1) is 13.1 Å². The second-order valence-electron chi connectivity index (χ2n) is 4.93. The summed E-state index contributed by atoms with van der Waals surface area (Å²) in [6.07, 6.45) is 3.79. The fraction of sp³-hybridized carbons (Fsp3) is 0.538. The van der Waals surface area contributed by atoms with Crippen molar-refractivity contribution in [3.63, 3.8) is 0 Å². The molecule has 0 aliphatic carbocycles. The number of nitrogens with one attached hydrogen (secondary N) is 1. The van der Waals surface area contributed by atoms with Crippen LogP contribution in [-0.2, 0) is 13.1 Å². The second kappa shape index (κ2) is 5.82. The lowest BCUT2D eigenvalue weighted by Gasteiger charge is -2.09. The van der Waals surface area contributed by atoms with Gasteiger partial charge in [-0.3, -0.25) is 0 Å². The van der Waals surface area contributed by atoms with Crippen LogP contribution in [-0.4, -0.2) is 21.3 Å². The quantitative estimate of drug-likeness (QED) is 0.849. The number of rotatable bonds is 6. The summed E-state index contributed by atoms with van der Waals surface area (Å²) in [6, 6.07) is 1.95. The van der Waals surface area contributed by atoms with Crippen LogP contribution >= 0.6 is 0 Å². The summed E-state index contributed by atoms with van der Waals surface area (Å²) in [7, 11) is 0. The predicted molar refractivity (Wildman–Crippen MR) is 69.1 cm³/mol. The van der Waals surface area contributed by atoms with E-state index in [1.807, 2.05) is 25.4 Å². The van der Waals surface area contributed by atoms with E-state index in [-0.39, 0.29) is 0 Å². The lowest BCUT2D eigenvalue weighted by atomic mass is 10.2. The molecule has 0 unspecified atom stereocenters. The van der Waals surface area contributed by atoms with Gasteiger partial charge in [0.2, 0.25) is 0 Å². The molecule has 0 bridgehead atoms. The van der Waals surface area contributed by atoms with E-state index in [9.17, 15) is 0 Å². The molecular weight excluding hydrogens is 228 g/mol. The minimum absolute atomic E-state index is 0.645. The number of aromatic nitrogens is 3. The summed E-state index contributed by atoms with van der Waals surface area (Å²) in [5, 5.41) is 7.39. The zero-order valence-electron chi connectivity index (χ0n) is 11.2. The van der Waals surface area contributed by atoms with Gasteiger partial charge in [-0.2, -0.15) is 0 Å². The van der Waals surface area contributed by atoms with Crippen LogP contribution in [0.1, 0.15) is 31.1 Å². The van der Waals surface area contributed by atoms with Crippen molar-refractivity contribution in [3.8, 4) is 0 Å².